The Morgan fingerprint density at radius 3 is 2.52 bits per heavy atom. The molecule has 0 radical (unpaired) electrons. The maximum atomic E-state index is 5.79. The summed E-state index contributed by atoms with van der Waals surface area (Å²) in [6.45, 7) is 5.65. The van der Waals surface area contributed by atoms with Crippen LogP contribution in [0.5, 0.6) is 5.75 Å². The average Bonchev–Trinajstić information content (AvgIpc) is 2.62. The van der Waals surface area contributed by atoms with Crippen LogP contribution in [0.2, 0.25) is 0 Å². The second kappa shape index (κ2) is 10.5. The smallest absolute Gasteiger partial charge is 0.186 e. The average molecular weight is 356 g/mol. The van der Waals surface area contributed by atoms with Gasteiger partial charge in [-0.1, -0.05) is 43.2 Å². The van der Waals surface area contributed by atoms with E-state index in [1.165, 1.54) is 5.56 Å². The van der Waals surface area contributed by atoms with Crippen molar-refractivity contribution in [3.63, 3.8) is 0 Å². The predicted octanol–water partition coefficient (Wildman–Crippen LogP) is 4.17. The molecule has 2 N–H and O–H groups in total. The molecule has 0 amide bonds. The number of hydrazone groups is 1. The second-order valence-corrected chi connectivity index (χ2v) is 6.23. The molecule has 5 heteroatoms. The summed E-state index contributed by atoms with van der Waals surface area (Å²) in [4.78, 5) is 0. The van der Waals surface area contributed by atoms with E-state index in [1.54, 1.807) is 6.21 Å². The van der Waals surface area contributed by atoms with E-state index in [0.717, 1.165) is 36.3 Å². The summed E-state index contributed by atoms with van der Waals surface area (Å²) in [5, 5.41) is 7.78. The molecule has 0 aromatic heterocycles. The lowest BCUT2D eigenvalue weighted by molar-refractivity contribution is 0.306. The molecule has 0 aliphatic rings. The highest BCUT2D eigenvalue weighted by atomic mass is 32.1. The Morgan fingerprint density at radius 2 is 1.84 bits per heavy atom. The Hall–Kier alpha value is -2.40. The van der Waals surface area contributed by atoms with Gasteiger partial charge in [-0.25, -0.2) is 0 Å². The van der Waals surface area contributed by atoms with E-state index >= 15 is 0 Å². The van der Waals surface area contributed by atoms with E-state index in [4.69, 9.17) is 17.0 Å². The molecule has 4 nitrogen and oxygen atoms in total. The highest BCUT2D eigenvalue weighted by molar-refractivity contribution is 7.80. The molecule has 0 saturated heterocycles. The van der Waals surface area contributed by atoms with Gasteiger partial charge in [0, 0.05) is 6.54 Å². The number of nitrogens with one attached hydrogen (secondary N) is 2. The Bertz CT molecular complexity index is 681. The largest absolute Gasteiger partial charge is 0.489 e. The normalized spacial score (nSPS) is 10.6. The number of thiocarbonyl (C=S) groups is 1. The molecule has 2 aromatic carbocycles. The van der Waals surface area contributed by atoms with Gasteiger partial charge >= 0.3 is 0 Å². The number of benzene rings is 2. The van der Waals surface area contributed by atoms with Crippen LogP contribution in [0.4, 0.5) is 0 Å². The van der Waals surface area contributed by atoms with Gasteiger partial charge in [-0.15, -0.1) is 0 Å². The van der Waals surface area contributed by atoms with Gasteiger partial charge in [-0.2, -0.15) is 5.10 Å². The van der Waals surface area contributed by atoms with Crippen molar-refractivity contribution in [3.8, 4) is 5.75 Å². The van der Waals surface area contributed by atoms with E-state index in [1.807, 2.05) is 24.3 Å². The SMILES string of the molecule is CCCCNC(=S)N/N=C\c1ccc(OCc2ccc(C)cc2)cc1. The Kier molecular flexibility index (Phi) is 7.92. The van der Waals surface area contributed by atoms with Crippen molar-refractivity contribution >= 4 is 23.5 Å². The third kappa shape index (κ3) is 7.35. The molecule has 25 heavy (non-hydrogen) atoms. The minimum Gasteiger partial charge on any atom is -0.489 e. The lowest BCUT2D eigenvalue weighted by Gasteiger charge is -2.07. The fourth-order valence-electron chi connectivity index (χ4n) is 2.08. The van der Waals surface area contributed by atoms with Gasteiger partial charge in [0.15, 0.2) is 5.11 Å². The van der Waals surface area contributed by atoms with Crippen molar-refractivity contribution in [1.82, 2.24) is 10.7 Å². The lowest BCUT2D eigenvalue weighted by atomic mass is 10.2. The molecule has 0 saturated carbocycles. The van der Waals surface area contributed by atoms with Crippen LogP contribution >= 0.6 is 12.2 Å². The monoisotopic (exact) mass is 355 g/mol. The highest BCUT2D eigenvalue weighted by Crippen LogP contribution is 2.14. The van der Waals surface area contributed by atoms with Crippen LogP contribution in [0.1, 0.15) is 36.5 Å². The number of nitrogens with zero attached hydrogens (tertiary/aromatic N) is 1. The van der Waals surface area contributed by atoms with Crippen LogP contribution in [-0.2, 0) is 6.61 Å². The summed E-state index contributed by atoms with van der Waals surface area (Å²) in [7, 11) is 0. The van der Waals surface area contributed by atoms with Crippen LogP contribution in [0.25, 0.3) is 0 Å². The molecule has 0 aliphatic heterocycles. The first-order valence-electron chi connectivity index (χ1n) is 8.52. The Morgan fingerprint density at radius 1 is 1.12 bits per heavy atom. The van der Waals surface area contributed by atoms with Crippen LogP contribution in [0, 0.1) is 6.92 Å². The van der Waals surface area contributed by atoms with E-state index in [0.29, 0.717) is 11.7 Å². The predicted molar refractivity (Wildman–Crippen MR) is 108 cm³/mol. The van der Waals surface area contributed by atoms with Gasteiger partial charge in [0.1, 0.15) is 12.4 Å². The molecular weight excluding hydrogens is 330 g/mol. The molecule has 2 rings (SSSR count). The summed E-state index contributed by atoms with van der Waals surface area (Å²) in [6.07, 6.45) is 3.96. The topological polar surface area (TPSA) is 45.7 Å². The minimum absolute atomic E-state index is 0.544. The van der Waals surface area contributed by atoms with Crippen molar-refractivity contribution in [1.29, 1.82) is 0 Å². The summed E-state index contributed by atoms with van der Waals surface area (Å²) >= 11 is 5.14. The van der Waals surface area contributed by atoms with Crippen molar-refractivity contribution in [3.05, 3.63) is 65.2 Å². The van der Waals surface area contributed by atoms with Crippen molar-refractivity contribution in [2.45, 2.75) is 33.3 Å². The number of hydrogen-bond acceptors (Lipinski definition) is 3. The lowest BCUT2D eigenvalue weighted by Crippen LogP contribution is -2.32. The highest BCUT2D eigenvalue weighted by Gasteiger charge is 1.97. The minimum atomic E-state index is 0.544. The number of aryl methyl sites for hydroxylation is 1. The number of rotatable bonds is 8. The molecule has 0 bridgehead atoms. The third-order valence-electron chi connectivity index (χ3n) is 3.60. The zero-order valence-electron chi connectivity index (χ0n) is 14.8. The maximum Gasteiger partial charge on any atom is 0.186 e. The number of unbranched alkanes of at least 4 members (excludes halogenated alkanes) is 1. The second-order valence-electron chi connectivity index (χ2n) is 5.82. The summed E-state index contributed by atoms with van der Waals surface area (Å²) < 4.78 is 5.79. The summed E-state index contributed by atoms with van der Waals surface area (Å²) in [5.74, 6) is 0.836. The number of ether oxygens (including phenoxy) is 1. The van der Waals surface area contributed by atoms with Gasteiger partial charge in [0.05, 0.1) is 6.21 Å². The fraction of sp³-hybridized carbons (Fsp3) is 0.300. The van der Waals surface area contributed by atoms with E-state index in [9.17, 15) is 0 Å². The van der Waals surface area contributed by atoms with Gasteiger partial charge in [-0.3, -0.25) is 5.43 Å². The van der Waals surface area contributed by atoms with Crippen molar-refractivity contribution < 1.29 is 4.74 Å². The molecule has 0 unspecified atom stereocenters. The van der Waals surface area contributed by atoms with Crippen molar-refractivity contribution in [2.75, 3.05) is 6.54 Å². The van der Waals surface area contributed by atoms with E-state index in [2.05, 4.69) is 54.0 Å². The molecule has 0 fully saturated rings. The number of hydrogen-bond donors (Lipinski definition) is 2. The third-order valence-corrected chi connectivity index (χ3v) is 3.84. The molecular formula is C20H25N3OS. The van der Waals surface area contributed by atoms with E-state index in [-0.39, 0.29) is 0 Å². The fourth-order valence-corrected chi connectivity index (χ4v) is 2.24. The molecule has 0 heterocycles. The van der Waals surface area contributed by atoms with Crippen LogP contribution < -0.4 is 15.5 Å². The standard InChI is InChI=1S/C20H25N3OS/c1-3-4-13-21-20(25)23-22-14-17-9-11-19(12-10-17)24-15-18-7-5-16(2)6-8-18/h5-12,14H,3-4,13,15H2,1-2H3,(H2,21,23,25)/b22-14-. The van der Waals surface area contributed by atoms with Gasteiger partial charge < -0.3 is 10.1 Å². The van der Waals surface area contributed by atoms with E-state index < -0.39 is 0 Å². The Labute approximate surface area is 155 Å². The van der Waals surface area contributed by atoms with Gasteiger partial charge in [0.2, 0.25) is 0 Å². The van der Waals surface area contributed by atoms with Crippen LogP contribution in [-0.4, -0.2) is 17.9 Å². The summed E-state index contributed by atoms with van der Waals surface area (Å²) in [6, 6.07) is 16.1. The quantitative estimate of drug-likeness (QED) is 0.323. The molecule has 0 spiro atoms. The van der Waals surface area contributed by atoms with Crippen molar-refractivity contribution in [2.24, 2.45) is 5.10 Å². The zero-order valence-corrected chi connectivity index (χ0v) is 15.6. The first-order valence-corrected chi connectivity index (χ1v) is 8.93. The van der Waals surface area contributed by atoms with Crippen LogP contribution in [0.3, 0.4) is 0 Å². The first-order chi connectivity index (χ1) is 12.2. The molecule has 0 atom stereocenters. The van der Waals surface area contributed by atoms with Crippen LogP contribution in [0.15, 0.2) is 53.6 Å². The first kappa shape index (κ1) is 18.9. The maximum absolute atomic E-state index is 5.79. The van der Waals surface area contributed by atoms with Gasteiger partial charge in [-0.05, 0) is 61.0 Å². The zero-order chi connectivity index (χ0) is 17.9. The molecule has 0 aliphatic carbocycles. The molecule has 2 aromatic rings. The Balaban J connectivity index is 1.76. The summed E-state index contributed by atoms with van der Waals surface area (Å²) in [5.41, 5.74) is 6.20. The molecule has 132 valence electrons. The van der Waals surface area contributed by atoms with Gasteiger partial charge in [0.25, 0.3) is 0 Å².